The van der Waals surface area contributed by atoms with E-state index in [1.807, 2.05) is 84.6 Å². The van der Waals surface area contributed by atoms with Gasteiger partial charge in [0.15, 0.2) is 0 Å². The molecule has 170 valence electrons. The van der Waals surface area contributed by atoms with Gasteiger partial charge in [-0.1, -0.05) is 30.3 Å². The van der Waals surface area contributed by atoms with E-state index in [-0.39, 0.29) is 11.9 Å². The number of hydrogen-bond donors (Lipinski definition) is 3. The maximum atomic E-state index is 12.9. The number of amides is 3. The molecule has 0 unspecified atom stereocenters. The van der Waals surface area contributed by atoms with Gasteiger partial charge < -0.3 is 16.0 Å². The first-order valence-electron chi connectivity index (χ1n) is 11.2. The van der Waals surface area contributed by atoms with Gasteiger partial charge in [0.25, 0.3) is 0 Å². The van der Waals surface area contributed by atoms with E-state index in [0.29, 0.717) is 18.7 Å². The molecule has 1 heterocycles. The maximum Gasteiger partial charge on any atom is 0.338 e. The molecule has 0 atom stereocenters. The van der Waals surface area contributed by atoms with Gasteiger partial charge >= 0.3 is 6.03 Å². The van der Waals surface area contributed by atoms with Crippen LogP contribution >= 0.6 is 0 Å². The van der Waals surface area contributed by atoms with Crippen molar-refractivity contribution in [3.63, 3.8) is 0 Å². The van der Waals surface area contributed by atoms with Crippen molar-refractivity contribution >= 4 is 34.7 Å². The minimum Gasteiger partial charge on any atom is -0.326 e. The van der Waals surface area contributed by atoms with Crippen LogP contribution < -0.4 is 26.4 Å². The molecule has 4 rings (SSSR count). The molecule has 0 spiro atoms. The third kappa shape index (κ3) is 5.32. The number of para-hydroxylation sites is 1. The van der Waals surface area contributed by atoms with Gasteiger partial charge in [0, 0.05) is 30.9 Å². The molecule has 3 amide bonds. The number of anilines is 4. The van der Waals surface area contributed by atoms with Gasteiger partial charge in [0.05, 0.1) is 11.4 Å². The molecule has 0 radical (unpaired) electrons. The lowest BCUT2D eigenvalue weighted by atomic mass is 10.1. The summed E-state index contributed by atoms with van der Waals surface area (Å²) in [5.41, 5.74) is 13.8. The minimum absolute atomic E-state index is 0.154. The number of carbonyl (C=O) groups excluding carboxylic acids is 2. The molecule has 3 aromatic carbocycles. The van der Waals surface area contributed by atoms with E-state index in [2.05, 4.69) is 10.7 Å². The molecule has 4 N–H and O–H groups in total. The highest BCUT2D eigenvalue weighted by Gasteiger charge is 2.21. The Morgan fingerprint density at radius 2 is 1.79 bits per heavy atom. The van der Waals surface area contributed by atoms with Crippen LogP contribution in [0, 0.1) is 6.92 Å². The number of hydrazine groups is 1. The molecule has 1 aliphatic rings. The fourth-order valence-corrected chi connectivity index (χ4v) is 4.04. The quantitative estimate of drug-likeness (QED) is 0.475. The first-order valence-corrected chi connectivity index (χ1v) is 11.2. The number of carbonyl (C=O) groups is 2. The Kier molecular flexibility index (Phi) is 6.90. The maximum absolute atomic E-state index is 12.9. The highest BCUT2D eigenvalue weighted by molar-refractivity contribution is 5.96. The molecule has 0 saturated carbocycles. The van der Waals surface area contributed by atoms with E-state index in [1.165, 1.54) is 0 Å². The van der Waals surface area contributed by atoms with Gasteiger partial charge in [-0.3, -0.25) is 9.80 Å². The Morgan fingerprint density at radius 1 is 1.00 bits per heavy atom. The molecule has 7 heteroatoms. The number of urea groups is 1. The number of nitrogens with two attached hydrogens (primary N) is 1. The van der Waals surface area contributed by atoms with Crippen molar-refractivity contribution in [2.75, 3.05) is 21.8 Å². The number of piperidine rings is 1. The van der Waals surface area contributed by atoms with E-state index in [4.69, 9.17) is 5.73 Å². The van der Waals surface area contributed by atoms with Crippen LogP contribution in [0.5, 0.6) is 0 Å². The molecule has 0 aromatic heterocycles. The molecule has 0 aliphatic carbocycles. The van der Waals surface area contributed by atoms with Crippen LogP contribution in [0.2, 0.25) is 0 Å². The van der Waals surface area contributed by atoms with Crippen LogP contribution in [0.25, 0.3) is 0 Å². The van der Waals surface area contributed by atoms with Gasteiger partial charge in [-0.25, -0.2) is 10.2 Å². The summed E-state index contributed by atoms with van der Waals surface area (Å²) in [5, 5.41) is 4.63. The molecule has 7 nitrogen and oxygen atoms in total. The van der Waals surface area contributed by atoms with Crippen LogP contribution in [0.15, 0.2) is 72.8 Å². The summed E-state index contributed by atoms with van der Waals surface area (Å²) in [5.74, 6) is 0.154. The molecule has 1 saturated heterocycles. The Bertz CT molecular complexity index is 1130. The van der Waals surface area contributed by atoms with Crippen LogP contribution in [0.1, 0.15) is 30.4 Å². The molecular formula is C26H29N5O2. The fraction of sp³-hybridized carbons (Fsp3) is 0.231. The average molecular weight is 444 g/mol. The number of hydrogen-bond acceptors (Lipinski definition) is 4. The van der Waals surface area contributed by atoms with E-state index in [9.17, 15) is 9.59 Å². The van der Waals surface area contributed by atoms with Crippen molar-refractivity contribution in [2.45, 2.75) is 32.7 Å². The van der Waals surface area contributed by atoms with Crippen LogP contribution in [0.3, 0.4) is 0 Å². The molecule has 3 aromatic rings. The summed E-state index contributed by atoms with van der Waals surface area (Å²) >= 11 is 0. The van der Waals surface area contributed by atoms with Crippen molar-refractivity contribution in [1.82, 2.24) is 5.43 Å². The Morgan fingerprint density at radius 3 is 2.52 bits per heavy atom. The fourth-order valence-electron chi connectivity index (χ4n) is 4.04. The van der Waals surface area contributed by atoms with Crippen molar-refractivity contribution in [3.05, 3.63) is 83.9 Å². The predicted molar refractivity (Wildman–Crippen MR) is 132 cm³/mol. The van der Waals surface area contributed by atoms with Crippen LogP contribution in [-0.4, -0.2) is 18.5 Å². The third-order valence-electron chi connectivity index (χ3n) is 5.70. The normalized spacial score (nSPS) is 13.5. The molecule has 1 fully saturated rings. The topological polar surface area (TPSA) is 90.7 Å². The highest BCUT2D eigenvalue weighted by atomic mass is 16.2. The standard InChI is InChI=1S/C26H29N5O2/c1-19-16-21(13-14-24(19)30-15-6-5-12-25(30)32)28-26(33)29-31(22-9-3-2-4-10-22)23-11-7-8-20(17-23)18-27/h2-4,7-11,13-14,16-17H,5-6,12,15,18,27H2,1H3,(H2,28,29,33). The van der Waals surface area contributed by atoms with E-state index < -0.39 is 0 Å². The summed E-state index contributed by atoms with van der Waals surface area (Å²) in [7, 11) is 0. The van der Waals surface area contributed by atoms with Crippen molar-refractivity contribution in [2.24, 2.45) is 5.73 Å². The Labute approximate surface area is 194 Å². The molecule has 33 heavy (non-hydrogen) atoms. The second-order valence-corrected chi connectivity index (χ2v) is 8.11. The first kappa shape index (κ1) is 22.4. The van der Waals surface area contributed by atoms with Gasteiger partial charge in [-0.05, 0) is 73.4 Å². The van der Waals surface area contributed by atoms with Crippen LogP contribution in [0.4, 0.5) is 27.5 Å². The lowest BCUT2D eigenvalue weighted by Crippen LogP contribution is -2.41. The van der Waals surface area contributed by atoms with E-state index in [1.54, 1.807) is 5.01 Å². The second kappa shape index (κ2) is 10.2. The van der Waals surface area contributed by atoms with Gasteiger partial charge in [0.2, 0.25) is 5.91 Å². The van der Waals surface area contributed by atoms with Crippen LogP contribution in [-0.2, 0) is 11.3 Å². The first-order chi connectivity index (χ1) is 16.0. The number of aryl methyl sites for hydroxylation is 1. The monoisotopic (exact) mass is 443 g/mol. The van der Waals surface area contributed by atoms with Crippen molar-refractivity contribution < 1.29 is 9.59 Å². The number of nitrogens with zero attached hydrogens (tertiary/aromatic N) is 2. The molecular weight excluding hydrogens is 414 g/mol. The van der Waals surface area contributed by atoms with Crippen molar-refractivity contribution in [3.8, 4) is 0 Å². The Balaban J connectivity index is 1.51. The van der Waals surface area contributed by atoms with E-state index >= 15 is 0 Å². The third-order valence-corrected chi connectivity index (χ3v) is 5.70. The lowest BCUT2D eigenvalue weighted by molar-refractivity contribution is -0.119. The SMILES string of the molecule is Cc1cc(NC(=O)NN(c2ccccc2)c2cccc(CN)c2)ccc1N1CCCCC1=O. The summed E-state index contributed by atoms with van der Waals surface area (Å²) in [6.45, 7) is 3.10. The average Bonchev–Trinajstić information content (AvgIpc) is 2.84. The second-order valence-electron chi connectivity index (χ2n) is 8.11. The smallest absolute Gasteiger partial charge is 0.326 e. The summed E-state index contributed by atoms with van der Waals surface area (Å²) in [6.07, 6.45) is 2.54. The minimum atomic E-state index is -0.377. The largest absolute Gasteiger partial charge is 0.338 e. The van der Waals surface area contributed by atoms with Gasteiger partial charge in [-0.2, -0.15) is 0 Å². The highest BCUT2D eigenvalue weighted by Crippen LogP contribution is 2.28. The lowest BCUT2D eigenvalue weighted by Gasteiger charge is -2.28. The van der Waals surface area contributed by atoms with Crippen molar-refractivity contribution in [1.29, 1.82) is 0 Å². The predicted octanol–water partition coefficient (Wildman–Crippen LogP) is 4.85. The number of benzene rings is 3. The molecule has 1 aliphatic heterocycles. The Hall–Kier alpha value is -3.84. The summed E-state index contributed by atoms with van der Waals surface area (Å²) in [6, 6.07) is 22.6. The zero-order chi connectivity index (χ0) is 23.2. The number of nitrogens with one attached hydrogen (secondary N) is 2. The zero-order valence-electron chi connectivity index (χ0n) is 18.8. The number of rotatable bonds is 6. The summed E-state index contributed by atoms with van der Waals surface area (Å²) in [4.78, 5) is 27.0. The zero-order valence-corrected chi connectivity index (χ0v) is 18.8. The van der Waals surface area contributed by atoms with Gasteiger partial charge in [0.1, 0.15) is 0 Å². The van der Waals surface area contributed by atoms with Gasteiger partial charge in [-0.15, -0.1) is 0 Å². The van der Waals surface area contributed by atoms with E-state index in [0.717, 1.165) is 47.6 Å². The summed E-state index contributed by atoms with van der Waals surface area (Å²) < 4.78 is 0. The molecule has 0 bridgehead atoms.